The highest BCUT2D eigenvalue weighted by atomic mass is 14.9. The van der Waals surface area contributed by atoms with E-state index in [-0.39, 0.29) is 0 Å². The summed E-state index contributed by atoms with van der Waals surface area (Å²) >= 11 is 0. The van der Waals surface area contributed by atoms with Crippen molar-refractivity contribution in [3.8, 4) is 0 Å². The summed E-state index contributed by atoms with van der Waals surface area (Å²) in [6.07, 6.45) is 0.983. The number of hydrogen-bond donors (Lipinski definition) is 1. The quantitative estimate of drug-likeness (QED) is 0.767. The molecule has 1 unspecified atom stereocenters. The molecule has 0 aliphatic rings. The summed E-state index contributed by atoms with van der Waals surface area (Å²) in [4.78, 5) is 4.41. The minimum Gasteiger partial charge on any atom is -0.310 e. The fourth-order valence-corrected chi connectivity index (χ4v) is 1.97. The number of hydrogen-bond acceptors (Lipinski definition) is 2. The Morgan fingerprint density at radius 2 is 1.94 bits per heavy atom. The zero-order valence-electron chi connectivity index (χ0n) is 10.8. The lowest BCUT2D eigenvalue weighted by molar-refractivity contribution is 0.547. The number of pyridine rings is 1. The van der Waals surface area contributed by atoms with Crippen LogP contribution in [0, 0.1) is 13.8 Å². The normalized spacial score (nSPS) is 12.5. The lowest BCUT2D eigenvalue weighted by Crippen LogP contribution is -2.21. The van der Waals surface area contributed by atoms with Crippen molar-refractivity contribution in [2.75, 3.05) is 6.54 Å². The van der Waals surface area contributed by atoms with Crippen molar-refractivity contribution in [1.29, 1.82) is 0 Å². The molecule has 0 fully saturated rings. The highest BCUT2D eigenvalue weighted by Crippen LogP contribution is 2.21. The smallest absolute Gasteiger partial charge is 0.0379 e. The molecule has 0 spiro atoms. The van der Waals surface area contributed by atoms with E-state index in [4.69, 9.17) is 0 Å². The number of rotatable bonds is 5. The van der Waals surface area contributed by atoms with Gasteiger partial charge in [-0.05, 0) is 51.4 Å². The van der Waals surface area contributed by atoms with Crippen LogP contribution in [-0.4, -0.2) is 11.5 Å². The fourth-order valence-electron chi connectivity index (χ4n) is 1.97. The molecule has 0 saturated carbocycles. The molecule has 2 nitrogen and oxygen atoms in total. The van der Waals surface area contributed by atoms with Gasteiger partial charge >= 0.3 is 0 Å². The van der Waals surface area contributed by atoms with Gasteiger partial charge in [0.05, 0.1) is 0 Å². The van der Waals surface area contributed by atoms with Crippen molar-refractivity contribution in [2.24, 2.45) is 0 Å². The molecular formula is C14H22N2. The van der Waals surface area contributed by atoms with Crippen LogP contribution in [0.15, 0.2) is 24.3 Å². The van der Waals surface area contributed by atoms with Gasteiger partial charge < -0.3 is 5.32 Å². The summed E-state index contributed by atoms with van der Waals surface area (Å²) in [5.41, 5.74) is 4.69. The molecule has 1 atom stereocenters. The molecule has 0 aromatic carbocycles. The Balaban J connectivity index is 2.95. The fraction of sp³-hybridized carbons (Fsp3) is 0.500. The number of nitrogens with one attached hydrogen (secondary N) is 1. The minimum absolute atomic E-state index is 0.364. The first-order valence-corrected chi connectivity index (χ1v) is 5.86. The van der Waals surface area contributed by atoms with Gasteiger partial charge in [0.1, 0.15) is 0 Å². The third kappa shape index (κ3) is 3.78. The molecule has 1 aromatic rings. The van der Waals surface area contributed by atoms with Crippen LogP contribution >= 0.6 is 0 Å². The Bertz CT molecular complexity index is 349. The van der Waals surface area contributed by atoms with E-state index in [9.17, 15) is 0 Å². The predicted molar refractivity (Wildman–Crippen MR) is 69.6 cm³/mol. The molecule has 2 heteroatoms. The van der Waals surface area contributed by atoms with Crippen LogP contribution in [0.4, 0.5) is 0 Å². The van der Waals surface area contributed by atoms with E-state index < -0.39 is 0 Å². The maximum absolute atomic E-state index is 4.41. The van der Waals surface area contributed by atoms with Crippen LogP contribution in [0.2, 0.25) is 0 Å². The molecule has 0 amide bonds. The monoisotopic (exact) mass is 218 g/mol. The Morgan fingerprint density at radius 1 is 1.38 bits per heavy atom. The summed E-state index contributed by atoms with van der Waals surface area (Å²) in [5, 5.41) is 3.50. The second-order valence-corrected chi connectivity index (χ2v) is 4.45. The maximum atomic E-state index is 4.41. The summed E-state index contributed by atoms with van der Waals surface area (Å²) < 4.78 is 0. The van der Waals surface area contributed by atoms with E-state index in [1.54, 1.807) is 0 Å². The van der Waals surface area contributed by atoms with Gasteiger partial charge in [-0.15, -0.1) is 6.58 Å². The zero-order valence-corrected chi connectivity index (χ0v) is 10.8. The van der Waals surface area contributed by atoms with Crippen molar-refractivity contribution < 1.29 is 0 Å². The van der Waals surface area contributed by atoms with Crippen molar-refractivity contribution >= 4 is 0 Å². The Hall–Kier alpha value is -1.15. The summed E-state index contributed by atoms with van der Waals surface area (Å²) in [5.74, 6) is 0. The largest absolute Gasteiger partial charge is 0.310 e. The van der Waals surface area contributed by atoms with E-state index in [1.807, 2.05) is 13.8 Å². The van der Waals surface area contributed by atoms with Crippen LogP contribution in [0.25, 0.3) is 0 Å². The molecule has 0 saturated heterocycles. The summed E-state index contributed by atoms with van der Waals surface area (Å²) in [6.45, 7) is 13.3. The molecule has 1 aromatic heterocycles. The molecule has 1 N–H and O–H groups in total. The van der Waals surface area contributed by atoms with E-state index >= 15 is 0 Å². The highest BCUT2D eigenvalue weighted by Gasteiger charge is 2.11. The molecule has 0 aliphatic heterocycles. The Kier molecular flexibility index (Phi) is 4.69. The molecule has 1 rings (SSSR count). The number of aryl methyl sites for hydroxylation is 2. The zero-order chi connectivity index (χ0) is 12.1. The SMILES string of the molecule is C=C(C)CC(NCC)c1cc(C)nc(C)c1. The van der Waals surface area contributed by atoms with Crippen LogP contribution in [0.5, 0.6) is 0 Å². The van der Waals surface area contributed by atoms with Gasteiger partial charge in [0.15, 0.2) is 0 Å². The van der Waals surface area contributed by atoms with Gasteiger partial charge in [-0.2, -0.15) is 0 Å². The lowest BCUT2D eigenvalue weighted by Gasteiger charge is -2.19. The standard InChI is InChI=1S/C14H22N2/c1-6-15-14(7-10(2)3)13-8-11(4)16-12(5)9-13/h8-9,14-15H,2,6-7H2,1,3-5H3. The van der Waals surface area contributed by atoms with Gasteiger partial charge in [-0.3, -0.25) is 4.98 Å². The number of nitrogens with zero attached hydrogens (tertiary/aromatic N) is 1. The first-order valence-electron chi connectivity index (χ1n) is 5.86. The first kappa shape index (κ1) is 12.9. The van der Waals surface area contributed by atoms with Gasteiger partial charge in [0.2, 0.25) is 0 Å². The van der Waals surface area contributed by atoms with Crippen molar-refractivity contribution in [2.45, 2.75) is 40.2 Å². The molecule has 0 aliphatic carbocycles. The second-order valence-electron chi connectivity index (χ2n) is 4.45. The van der Waals surface area contributed by atoms with Gasteiger partial charge in [0, 0.05) is 17.4 Å². The van der Waals surface area contributed by atoms with Crippen LogP contribution in [0.1, 0.15) is 43.3 Å². The average molecular weight is 218 g/mol. The molecule has 1 heterocycles. The topological polar surface area (TPSA) is 24.9 Å². The lowest BCUT2D eigenvalue weighted by atomic mass is 10.00. The van der Waals surface area contributed by atoms with E-state index in [1.165, 1.54) is 11.1 Å². The molecular weight excluding hydrogens is 196 g/mol. The molecule has 0 bridgehead atoms. The third-order valence-electron chi connectivity index (χ3n) is 2.51. The van der Waals surface area contributed by atoms with Crippen LogP contribution in [0.3, 0.4) is 0 Å². The van der Waals surface area contributed by atoms with Crippen LogP contribution in [-0.2, 0) is 0 Å². The first-order chi connectivity index (χ1) is 7.52. The molecule has 88 valence electrons. The van der Waals surface area contributed by atoms with E-state index in [0.717, 1.165) is 24.4 Å². The van der Waals surface area contributed by atoms with Crippen LogP contribution < -0.4 is 5.32 Å². The minimum atomic E-state index is 0.364. The van der Waals surface area contributed by atoms with Crippen molar-refractivity contribution in [3.63, 3.8) is 0 Å². The maximum Gasteiger partial charge on any atom is 0.0379 e. The van der Waals surface area contributed by atoms with Gasteiger partial charge in [0.25, 0.3) is 0 Å². The van der Waals surface area contributed by atoms with Gasteiger partial charge in [-0.25, -0.2) is 0 Å². The second kappa shape index (κ2) is 5.80. The third-order valence-corrected chi connectivity index (χ3v) is 2.51. The average Bonchev–Trinajstić information content (AvgIpc) is 2.14. The predicted octanol–water partition coefficient (Wildman–Crippen LogP) is 3.32. The summed E-state index contributed by atoms with van der Waals surface area (Å²) in [7, 11) is 0. The summed E-state index contributed by atoms with van der Waals surface area (Å²) in [6, 6.07) is 4.68. The molecule has 16 heavy (non-hydrogen) atoms. The highest BCUT2D eigenvalue weighted by molar-refractivity contribution is 5.24. The van der Waals surface area contributed by atoms with E-state index in [2.05, 4.69) is 42.9 Å². The van der Waals surface area contributed by atoms with Crippen molar-refractivity contribution in [1.82, 2.24) is 10.3 Å². The Labute approximate surface area is 98.8 Å². The molecule has 0 radical (unpaired) electrons. The Morgan fingerprint density at radius 3 is 2.38 bits per heavy atom. The number of aromatic nitrogens is 1. The van der Waals surface area contributed by atoms with Gasteiger partial charge in [-0.1, -0.05) is 12.5 Å². The van der Waals surface area contributed by atoms with E-state index in [0.29, 0.717) is 6.04 Å². The van der Waals surface area contributed by atoms with Crippen molar-refractivity contribution in [3.05, 3.63) is 41.2 Å².